The third kappa shape index (κ3) is 2.39. The molecule has 0 amide bonds. The van der Waals surface area contributed by atoms with Crippen LogP contribution in [0, 0.1) is 19.9 Å². The van der Waals surface area contributed by atoms with Crippen molar-refractivity contribution in [3.8, 4) is 5.75 Å². The summed E-state index contributed by atoms with van der Waals surface area (Å²) in [5.74, 6) is 0.320. The van der Waals surface area contributed by atoms with Crippen molar-refractivity contribution in [1.29, 1.82) is 0 Å². The number of aryl methyl sites for hydroxylation is 2. The Hall–Kier alpha value is 0.124. The third-order valence-corrected chi connectivity index (χ3v) is 1.26. The number of phenolic OH excluding ortho intramolecular Hbond substituents is 1. The third-order valence-electron chi connectivity index (χ3n) is 1.26. The van der Waals surface area contributed by atoms with Gasteiger partial charge in [0, 0.05) is 5.75 Å². The number of benzene rings is 1. The first-order valence-corrected chi connectivity index (χ1v) is 2.88. The zero-order valence-corrected chi connectivity index (χ0v) is 9.02. The van der Waals surface area contributed by atoms with E-state index in [4.69, 9.17) is 5.11 Å². The molecule has 0 aliphatic carbocycles. The molecule has 0 fully saturated rings. The molecule has 1 nitrogen and oxygen atoms in total. The van der Waals surface area contributed by atoms with Gasteiger partial charge in [-0.3, -0.25) is 0 Å². The van der Waals surface area contributed by atoms with Crippen LogP contribution in [0.1, 0.15) is 11.1 Å². The summed E-state index contributed by atoms with van der Waals surface area (Å²) in [4.78, 5) is 0. The first kappa shape index (κ1) is 10.1. The second kappa shape index (κ2) is 4.10. The molecule has 1 aromatic rings. The van der Waals surface area contributed by atoms with E-state index >= 15 is 0 Å². The Morgan fingerprint density at radius 1 is 1.30 bits per heavy atom. The van der Waals surface area contributed by atoms with Crippen LogP contribution in [0.2, 0.25) is 0 Å². The molecule has 1 N–H and O–H groups in total. The molecular weight excluding hydrogens is 201 g/mol. The minimum absolute atomic E-state index is 0. The Morgan fingerprint density at radius 3 is 2.30 bits per heavy atom. The van der Waals surface area contributed by atoms with Crippen molar-refractivity contribution in [3.63, 3.8) is 0 Å². The summed E-state index contributed by atoms with van der Waals surface area (Å²) < 4.78 is 0. The molecule has 1 aromatic carbocycles. The van der Waals surface area contributed by atoms with Gasteiger partial charge in [-0.05, 0) is 0 Å². The van der Waals surface area contributed by atoms with E-state index < -0.39 is 0 Å². The Balaban J connectivity index is 0.000000810. The van der Waals surface area contributed by atoms with Gasteiger partial charge in [-0.15, -0.1) is 11.6 Å². The zero-order valence-electron chi connectivity index (χ0n) is 6.18. The van der Waals surface area contributed by atoms with Crippen LogP contribution in [-0.2, 0) is 32.7 Å². The Kier molecular flexibility index (Phi) is 4.15. The van der Waals surface area contributed by atoms with Crippen molar-refractivity contribution in [1.82, 2.24) is 0 Å². The molecule has 0 saturated heterocycles. The van der Waals surface area contributed by atoms with Crippen LogP contribution in [0.4, 0.5) is 0 Å². The van der Waals surface area contributed by atoms with Crippen LogP contribution in [0.15, 0.2) is 12.1 Å². The van der Waals surface area contributed by atoms with Gasteiger partial charge in [0.05, 0.1) is 0 Å². The molecule has 0 aromatic heterocycles. The molecule has 0 bridgehead atoms. The fraction of sp³-hybridized carbons (Fsp3) is 0.250. The van der Waals surface area contributed by atoms with Crippen molar-refractivity contribution in [3.05, 3.63) is 29.3 Å². The SMILES string of the molecule is Cc1[c-]c(C)c(O)cc1.[Y+3]. The topological polar surface area (TPSA) is 20.2 Å². The fourth-order valence-corrected chi connectivity index (χ4v) is 0.730. The molecule has 0 aliphatic heterocycles. The standard InChI is InChI=1S/C8H9O.Y/c1-6-3-4-8(9)7(2)5-6;/h3-4,9H,1-2H3;/q-1;+3. The summed E-state index contributed by atoms with van der Waals surface area (Å²) in [5.41, 5.74) is 1.88. The van der Waals surface area contributed by atoms with Gasteiger partial charge in [0.1, 0.15) is 0 Å². The van der Waals surface area contributed by atoms with Gasteiger partial charge in [0.15, 0.2) is 0 Å². The maximum atomic E-state index is 9.01. The first-order chi connectivity index (χ1) is 4.20. The summed E-state index contributed by atoms with van der Waals surface area (Å²) in [6, 6.07) is 6.51. The van der Waals surface area contributed by atoms with Crippen molar-refractivity contribution < 1.29 is 37.8 Å². The van der Waals surface area contributed by atoms with E-state index in [1.807, 2.05) is 19.9 Å². The summed E-state index contributed by atoms with van der Waals surface area (Å²) in [6.07, 6.45) is 0. The number of phenols is 1. The van der Waals surface area contributed by atoms with Gasteiger partial charge in [-0.2, -0.15) is 17.7 Å². The second-order valence-corrected chi connectivity index (χ2v) is 2.15. The summed E-state index contributed by atoms with van der Waals surface area (Å²) in [7, 11) is 0. The van der Waals surface area contributed by atoms with Crippen LogP contribution >= 0.6 is 0 Å². The van der Waals surface area contributed by atoms with Gasteiger partial charge in [-0.1, -0.05) is 13.8 Å². The fourth-order valence-electron chi connectivity index (χ4n) is 0.730. The van der Waals surface area contributed by atoms with Gasteiger partial charge in [0.25, 0.3) is 0 Å². The molecule has 0 unspecified atom stereocenters. The van der Waals surface area contributed by atoms with E-state index in [1.54, 1.807) is 6.07 Å². The predicted octanol–water partition coefficient (Wildman–Crippen LogP) is 1.81. The maximum absolute atomic E-state index is 9.01. The van der Waals surface area contributed by atoms with E-state index in [1.165, 1.54) is 0 Å². The molecule has 0 spiro atoms. The van der Waals surface area contributed by atoms with Crippen molar-refractivity contribution >= 4 is 0 Å². The van der Waals surface area contributed by atoms with E-state index in [-0.39, 0.29) is 32.7 Å². The van der Waals surface area contributed by atoms with Crippen molar-refractivity contribution in [2.24, 2.45) is 0 Å². The predicted molar refractivity (Wildman–Crippen MR) is 36.4 cm³/mol. The average Bonchev–Trinajstić information content (AvgIpc) is 1.80. The number of hydrogen-bond donors (Lipinski definition) is 1. The number of hydrogen-bond acceptors (Lipinski definition) is 1. The van der Waals surface area contributed by atoms with E-state index in [9.17, 15) is 0 Å². The number of rotatable bonds is 0. The quantitative estimate of drug-likeness (QED) is 0.647. The summed E-state index contributed by atoms with van der Waals surface area (Å²) in [5, 5.41) is 9.01. The minimum Gasteiger partial charge on any atom is -0.565 e. The van der Waals surface area contributed by atoms with Crippen LogP contribution < -0.4 is 0 Å². The summed E-state index contributed by atoms with van der Waals surface area (Å²) in [6.45, 7) is 3.79. The van der Waals surface area contributed by atoms with Crippen molar-refractivity contribution in [2.45, 2.75) is 13.8 Å². The van der Waals surface area contributed by atoms with Gasteiger partial charge >= 0.3 is 32.7 Å². The maximum Gasteiger partial charge on any atom is 3.00 e. The van der Waals surface area contributed by atoms with E-state index in [0.717, 1.165) is 11.1 Å². The molecule has 0 saturated carbocycles. The summed E-state index contributed by atoms with van der Waals surface area (Å²) >= 11 is 0. The van der Waals surface area contributed by atoms with E-state index in [0.29, 0.717) is 5.75 Å². The van der Waals surface area contributed by atoms with Crippen LogP contribution in [0.5, 0.6) is 5.75 Å². The largest absolute Gasteiger partial charge is 3.00 e. The van der Waals surface area contributed by atoms with E-state index in [2.05, 4.69) is 6.07 Å². The molecule has 10 heavy (non-hydrogen) atoms. The Morgan fingerprint density at radius 2 is 1.90 bits per heavy atom. The molecule has 0 radical (unpaired) electrons. The van der Waals surface area contributed by atoms with Crippen LogP contribution in [0.3, 0.4) is 0 Å². The second-order valence-electron chi connectivity index (χ2n) is 2.15. The van der Waals surface area contributed by atoms with Gasteiger partial charge in [0.2, 0.25) is 0 Å². The molecular formula is C8H9OY+2. The Bertz CT molecular complexity index is 220. The normalized spacial score (nSPS) is 8.60. The zero-order chi connectivity index (χ0) is 6.85. The molecule has 2 heteroatoms. The average molecular weight is 210 g/mol. The monoisotopic (exact) mass is 210 g/mol. The minimum atomic E-state index is 0. The number of aromatic hydroxyl groups is 1. The molecule has 48 valence electrons. The van der Waals surface area contributed by atoms with Gasteiger partial charge in [-0.25, -0.2) is 0 Å². The smallest absolute Gasteiger partial charge is 0.565 e. The first-order valence-electron chi connectivity index (χ1n) is 2.88. The molecule has 0 aliphatic rings. The van der Waals surface area contributed by atoms with Crippen LogP contribution in [0.25, 0.3) is 0 Å². The Labute approximate surface area is 86.3 Å². The molecule has 0 heterocycles. The molecule has 1 rings (SSSR count). The van der Waals surface area contributed by atoms with Gasteiger partial charge < -0.3 is 5.11 Å². The molecule has 0 atom stereocenters. The van der Waals surface area contributed by atoms with Crippen LogP contribution in [-0.4, -0.2) is 5.11 Å². The van der Waals surface area contributed by atoms with Crippen molar-refractivity contribution in [2.75, 3.05) is 0 Å².